The molecule has 1 fully saturated rings. The molecule has 6 heteroatoms. The molecule has 0 amide bonds. The third kappa shape index (κ3) is 4.44. The highest BCUT2D eigenvalue weighted by molar-refractivity contribution is 5.55. The molecule has 1 heterocycles. The first-order valence-corrected chi connectivity index (χ1v) is 8.35. The zero-order valence-electron chi connectivity index (χ0n) is 13.7. The van der Waals surface area contributed by atoms with Gasteiger partial charge in [0, 0.05) is 11.7 Å². The van der Waals surface area contributed by atoms with E-state index in [0.29, 0.717) is 18.6 Å². The molecule has 0 radical (unpaired) electrons. The van der Waals surface area contributed by atoms with Crippen molar-refractivity contribution < 1.29 is 4.74 Å². The molecular formula is C19H19N5O. The first-order chi connectivity index (χ1) is 12.3. The average molecular weight is 333 g/mol. The SMILES string of the molecule is c1ccc(COc2ccc(Nc3nncc(NC4CC4)n3)cc2)cc1. The number of rotatable bonds is 7. The molecule has 2 aromatic carbocycles. The lowest BCUT2D eigenvalue weighted by molar-refractivity contribution is 0.306. The van der Waals surface area contributed by atoms with Gasteiger partial charge in [-0.25, -0.2) is 0 Å². The van der Waals surface area contributed by atoms with Gasteiger partial charge in [-0.15, -0.1) is 5.10 Å². The second-order valence-corrected chi connectivity index (χ2v) is 6.01. The summed E-state index contributed by atoms with van der Waals surface area (Å²) in [7, 11) is 0. The van der Waals surface area contributed by atoms with Gasteiger partial charge in [-0.3, -0.25) is 0 Å². The van der Waals surface area contributed by atoms with Gasteiger partial charge in [-0.2, -0.15) is 10.1 Å². The second-order valence-electron chi connectivity index (χ2n) is 6.01. The molecule has 3 aromatic rings. The molecule has 1 aliphatic carbocycles. The predicted octanol–water partition coefficient (Wildman–Crippen LogP) is 3.77. The highest BCUT2D eigenvalue weighted by atomic mass is 16.5. The predicted molar refractivity (Wildman–Crippen MR) is 97.0 cm³/mol. The van der Waals surface area contributed by atoms with E-state index in [1.807, 2.05) is 54.6 Å². The van der Waals surface area contributed by atoms with Crippen LogP contribution in [0.5, 0.6) is 5.75 Å². The summed E-state index contributed by atoms with van der Waals surface area (Å²) in [6.07, 6.45) is 4.03. The molecule has 6 nitrogen and oxygen atoms in total. The van der Waals surface area contributed by atoms with Crippen molar-refractivity contribution in [3.8, 4) is 5.75 Å². The Morgan fingerprint density at radius 3 is 2.56 bits per heavy atom. The van der Waals surface area contributed by atoms with Gasteiger partial charge in [0.2, 0.25) is 5.95 Å². The molecular weight excluding hydrogens is 314 g/mol. The molecule has 0 bridgehead atoms. The zero-order valence-corrected chi connectivity index (χ0v) is 13.7. The van der Waals surface area contributed by atoms with E-state index in [-0.39, 0.29) is 0 Å². The van der Waals surface area contributed by atoms with E-state index >= 15 is 0 Å². The molecule has 4 rings (SSSR count). The van der Waals surface area contributed by atoms with Crippen LogP contribution in [0.4, 0.5) is 17.5 Å². The number of benzene rings is 2. The standard InChI is InChI=1S/C19H19N5O/c1-2-4-14(5-3-1)13-25-17-10-8-16(9-11-17)22-19-23-18(12-20-24-19)21-15-6-7-15/h1-5,8-12,15H,6-7,13H2,(H2,21,22,23,24). The van der Waals surface area contributed by atoms with Crippen LogP contribution in [0.1, 0.15) is 18.4 Å². The lowest BCUT2D eigenvalue weighted by Gasteiger charge is -2.09. The number of anilines is 3. The number of hydrogen-bond donors (Lipinski definition) is 2. The maximum Gasteiger partial charge on any atom is 0.249 e. The van der Waals surface area contributed by atoms with E-state index in [4.69, 9.17) is 4.74 Å². The molecule has 1 saturated carbocycles. The number of ether oxygens (including phenoxy) is 1. The maximum absolute atomic E-state index is 5.79. The summed E-state index contributed by atoms with van der Waals surface area (Å²) in [5.74, 6) is 2.05. The van der Waals surface area contributed by atoms with Gasteiger partial charge in [0.25, 0.3) is 0 Å². The van der Waals surface area contributed by atoms with Gasteiger partial charge in [-0.1, -0.05) is 30.3 Å². The van der Waals surface area contributed by atoms with Crippen molar-refractivity contribution in [1.29, 1.82) is 0 Å². The third-order valence-corrected chi connectivity index (χ3v) is 3.85. The Bertz CT molecular complexity index is 819. The number of nitrogens with zero attached hydrogens (tertiary/aromatic N) is 3. The molecule has 0 saturated heterocycles. The Labute approximate surface area is 146 Å². The summed E-state index contributed by atoms with van der Waals surface area (Å²) in [6.45, 7) is 0.551. The molecule has 0 aliphatic heterocycles. The highest BCUT2D eigenvalue weighted by Gasteiger charge is 2.21. The van der Waals surface area contributed by atoms with E-state index < -0.39 is 0 Å². The minimum Gasteiger partial charge on any atom is -0.489 e. The van der Waals surface area contributed by atoms with Crippen LogP contribution in [-0.4, -0.2) is 21.2 Å². The van der Waals surface area contributed by atoms with Crippen molar-refractivity contribution in [1.82, 2.24) is 15.2 Å². The molecule has 2 N–H and O–H groups in total. The molecule has 1 aromatic heterocycles. The van der Waals surface area contributed by atoms with Gasteiger partial charge in [0.1, 0.15) is 12.4 Å². The molecule has 1 aliphatic rings. The number of aromatic nitrogens is 3. The van der Waals surface area contributed by atoms with Crippen molar-refractivity contribution in [3.05, 3.63) is 66.4 Å². The van der Waals surface area contributed by atoms with Crippen LogP contribution in [0.25, 0.3) is 0 Å². The summed E-state index contributed by atoms with van der Waals surface area (Å²) in [6, 6.07) is 18.3. The Morgan fingerprint density at radius 2 is 1.80 bits per heavy atom. The van der Waals surface area contributed by atoms with Crippen LogP contribution in [0.3, 0.4) is 0 Å². The van der Waals surface area contributed by atoms with E-state index in [1.54, 1.807) is 6.20 Å². The average Bonchev–Trinajstić information content (AvgIpc) is 3.46. The minimum absolute atomic E-state index is 0.476. The lowest BCUT2D eigenvalue weighted by Crippen LogP contribution is -2.06. The molecule has 25 heavy (non-hydrogen) atoms. The second kappa shape index (κ2) is 7.17. The van der Waals surface area contributed by atoms with Crippen LogP contribution in [0, 0.1) is 0 Å². The van der Waals surface area contributed by atoms with E-state index in [2.05, 4.69) is 25.8 Å². The van der Waals surface area contributed by atoms with Crippen molar-refractivity contribution in [2.75, 3.05) is 10.6 Å². The summed E-state index contributed by atoms with van der Waals surface area (Å²) >= 11 is 0. The van der Waals surface area contributed by atoms with Crippen LogP contribution in [0.2, 0.25) is 0 Å². The molecule has 0 atom stereocenters. The molecule has 0 unspecified atom stereocenters. The Balaban J connectivity index is 1.35. The van der Waals surface area contributed by atoms with Gasteiger partial charge in [0.05, 0.1) is 6.20 Å². The van der Waals surface area contributed by atoms with Gasteiger partial charge < -0.3 is 15.4 Å². The summed E-state index contributed by atoms with van der Waals surface area (Å²) in [5, 5.41) is 14.5. The fourth-order valence-corrected chi connectivity index (χ4v) is 2.37. The maximum atomic E-state index is 5.79. The number of nitrogens with one attached hydrogen (secondary N) is 2. The quantitative estimate of drug-likeness (QED) is 0.686. The van der Waals surface area contributed by atoms with Gasteiger partial charge >= 0.3 is 0 Å². The fraction of sp³-hybridized carbons (Fsp3) is 0.211. The van der Waals surface area contributed by atoms with Crippen LogP contribution < -0.4 is 15.4 Å². The summed E-state index contributed by atoms with van der Waals surface area (Å²) in [4.78, 5) is 4.42. The molecule has 0 spiro atoms. The minimum atomic E-state index is 0.476. The third-order valence-electron chi connectivity index (χ3n) is 3.85. The normalized spacial score (nSPS) is 13.3. The van der Waals surface area contributed by atoms with Gasteiger partial charge in [-0.05, 0) is 42.7 Å². The van der Waals surface area contributed by atoms with Crippen molar-refractivity contribution in [2.24, 2.45) is 0 Å². The van der Waals surface area contributed by atoms with Crippen molar-refractivity contribution in [2.45, 2.75) is 25.5 Å². The number of hydrogen-bond acceptors (Lipinski definition) is 6. The van der Waals surface area contributed by atoms with Crippen LogP contribution >= 0.6 is 0 Å². The fourth-order valence-electron chi connectivity index (χ4n) is 2.37. The largest absolute Gasteiger partial charge is 0.489 e. The van der Waals surface area contributed by atoms with Crippen molar-refractivity contribution >= 4 is 17.5 Å². The Kier molecular flexibility index (Phi) is 4.41. The molecule has 126 valence electrons. The monoisotopic (exact) mass is 333 g/mol. The smallest absolute Gasteiger partial charge is 0.249 e. The topological polar surface area (TPSA) is 72.0 Å². The van der Waals surface area contributed by atoms with Gasteiger partial charge in [0.15, 0.2) is 5.82 Å². The van der Waals surface area contributed by atoms with Crippen molar-refractivity contribution in [3.63, 3.8) is 0 Å². The highest BCUT2D eigenvalue weighted by Crippen LogP contribution is 2.24. The lowest BCUT2D eigenvalue weighted by atomic mass is 10.2. The summed E-state index contributed by atoms with van der Waals surface area (Å²) in [5.41, 5.74) is 2.03. The van der Waals surface area contributed by atoms with E-state index in [9.17, 15) is 0 Å². The Morgan fingerprint density at radius 1 is 1.00 bits per heavy atom. The first kappa shape index (κ1) is 15.4. The first-order valence-electron chi connectivity index (χ1n) is 8.35. The van der Waals surface area contributed by atoms with E-state index in [0.717, 1.165) is 22.8 Å². The Hall–Kier alpha value is -3.15. The summed E-state index contributed by atoms with van der Waals surface area (Å²) < 4.78 is 5.79. The van der Waals surface area contributed by atoms with Crippen LogP contribution in [0.15, 0.2) is 60.8 Å². The van der Waals surface area contributed by atoms with Crippen LogP contribution in [-0.2, 0) is 6.61 Å². The van der Waals surface area contributed by atoms with E-state index in [1.165, 1.54) is 12.8 Å². The zero-order chi connectivity index (χ0) is 16.9.